The second-order valence-electron chi connectivity index (χ2n) is 8.58. The van der Waals surface area contributed by atoms with Gasteiger partial charge in [-0.3, -0.25) is 0 Å². The fourth-order valence-electron chi connectivity index (χ4n) is 6.27. The van der Waals surface area contributed by atoms with Gasteiger partial charge in [-0.15, -0.1) is 0 Å². The lowest BCUT2D eigenvalue weighted by atomic mass is 9.58. The number of allylic oxidation sites excluding steroid dienone is 3. The van der Waals surface area contributed by atoms with E-state index in [0.717, 1.165) is 45.3 Å². The summed E-state index contributed by atoms with van der Waals surface area (Å²) < 4.78 is 11.9. The highest BCUT2D eigenvalue weighted by Crippen LogP contribution is 2.59. The van der Waals surface area contributed by atoms with Gasteiger partial charge >= 0.3 is 0 Å². The molecule has 2 unspecified atom stereocenters. The van der Waals surface area contributed by atoms with Gasteiger partial charge in [0.25, 0.3) is 0 Å². The number of hydrogen-bond acceptors (Lipinski definition) is 3. The van der Waals surface area contributed by atoms with Crippen LogP contribution in [0.15, 0.2) is 22.8 Å². The number of rotatable bonds is 0. The van der Waals surface area contributed by atoms with E-state index < -0.39 is 0 Å². The number of hydrogen-bond donors (Lipinski definition) is 1. The van der Waals surface area contributed by atoms with Gasteiger partial charge in [0.1, 0.15) is 0 Å². The zero-order chi connectivity index (χ0) is 15.7. The normalized spacial score (nSPS) is 44.8. The molecule has 5 aliphatic rings. The molecule has 0 aromatic heterocycles. The third-order valence-corrected chi connectivity index (χ3v) is 7.59. The molecule has 1 saturated carbocycles. The summed E-state index contributed by atoms with van der Waals surface area (Å²) in [6, 6.07) is 0. The highest BCUT2D eigenvalue weighted by atomic mass is 16.7. The van der Waals surface area contributed by atoms with Gasteiger partial charge in [0.05, 0.1) is 19.3 Å². The van der Waals surface area contributed by atoms with Crippen LogP contribution in [0.2, 0.25) is 0 Å². The molecule has 0 aromatic carbocycles. The molecule has 3 nitrogen and oxygen atoms in total. The zero-order valence-electron chi connectivity index (χ0n) is 14.1. The molecule has 23 heavy (non-hydrogen) atoms. The van der Waals surface area contributed by atoms with Crippen LogP contribution in [0.1, 0.15) is 58.3 Å². The van der Waals surface area contributed by atoms with Gasteiger partial charge in [0.2, 0.25) is 0 Å². The largest absolute Gasteiger partial charge is 0.393 e. The predicted molar refractivity (Wildman–Crippen MR) is 87.8 cm³/mol. The summed E-state index contributed by atoms with van der Waals surface area (Å²) in [5.74, 6) is 1.07. The number of fused-ring (bicyclic) bond motifs is 4. The molecule has 1 saturated heterocycles. The summed E-state index contributed by atoms with van der Waals surface area (Å²) >= 11 is 0. The molecule has 2 fully saturated rings. The van der Waals surface area contributed by atoms with Gasteiger partial charge in [0.15, 0.2) is 5.79 Å². The summed E-state index contributed by atoms with van der Waals surface area (Å²) in [6.45, 7) is 3.83. The fourth-order valence-corrected chi connectivity index (χ4v) is 6.27. The van der Waals surface area contributed by atoms with Gasteiger partial charge in [-0.05, 0) is 61.5 Å². The zero-order valence-corrected chi connectivity index (χ0v) is 14.1. The summed E-state index contributed by atoms with van der Waals surface area (Å²) in [7, 11) is 0. The Hall–Kier alpha value is -0.640. The summed E-state index contributed by atoms with van der Waals surface area (Å²) in [4.78, 5) is 0. The highest BCUT2D eigenvalue weighted by Gasteiger charge is 2.53. The molecule has 0 radical (unpaired) electrons. The van der Waals surface area contributed by atoms with E-state index in [2.05, 4.69) is 13.0 Å². The second kappa shape index (κ2) is 4.93. The smallest absolute Gasteiger partial charge is 0.172 e. The Morgan fingerprint density at radius 2 is 1.96 bits per heavy atom. The topological polar surface area (TPSA) is 38.7 Å². The number of ether oxygens (including phenoxy) is 2. The minimum absolute atomic E-state index is 0.101. The molecule has 0 amide bonds. The van der Waals surface area contributed by atoms with Crippen molar-refractivity contribution in [3.8, 4) is 0 Å². The Bertz CT molecular complexity index is 584. The van der Waals surface area contributed by atoms with E-state index in [-0.39, 0.29) is 17.3 Å². The first-order valence-electron chi connectivity index (χ1n) is 9.49. The van der Waals surface area contributed by atoms with Crippen molar-refractivity contribution in [2.24, 2.45) is 17.3 Å². The van der Waals surface area contributed by atoms with Crippen LogP contribution in [0.3, 0.4) is 0 Å². The van der Waals surface area contributed by atoms with Crippen LogP contribution in [0.5, 0.6) is 0 Å². The van der Waals surface area contributed by atoms with E-state index in [0.29, 0.717) is 11.8 Å². The van der Waals surface area contributed by atoms with E-state index in [9.17, 15) is 5.11 Å². The summed E-state index contributed by atoms with van der Waals surface area (Å²) in [5, 5.41) is 10.5. The first-order valence-corrected chi connectivity index (χ1v) is 9.49. The van der Waals surface area contributed by atoms with Crippen LogP contribution < -0.4 is 0 Å². The van der Waals surface area contributed by atoms with Crippen molar-refractivity contribution in [1.82, 2.24) is 0 Å². The Kier molecular flexibility index (Phi) is 3.15. The maximum Gasteiger partial charge on any atom is 0.172 e. The SMILES string of the molecule is CC12CC=C3C4=C(CC[C@H]3[C@@H]1CCC2O)CC1(CC4)OCCO1. The molecule has 5 rings (SSSR count). The van der Waals surface area contributed by atoms with Crippen molar-refractivity contribution in [3.63, 3.8) is 0 Å². The van der Waals surface area contributed by atoms with Crippen LogP contribution >= 0.6 is 0 Å². The van der Waals surface area contributed by atoms with E-state index in [1.54, 1.807) is 16.7 Å². The van der Waals surface area contributed by atoms with Gasteiger partial charge in [0, 0.05) is 18.3 Å². The first-order chi connectivity index (χ1) is 11.1. The van der Waals surface area contributed by atoms with E-state index in [1.165, 1.54) is 19.3 Å². The quantitative estimate of drug-likeness (QED) is 0.740. The van der Waals surface area contributed by atoms with Crippen molar-refractivity contribution in [3.05, 3.63) is 22.8 Å². The van der Waals surface area contributed by atoms with Gasteiger partial charge in [-0.25, -0.2) is 0 Å². The molecular weight excluding hydrogens is 288 g/mol. The lowest BCUT2D eigenvalue weighted by Crippen LogP contribution is -2.42. The third kappa shape index (κ3) is 1.99. The second-order valence-corrected chi connectivity index (χ2v) is 8.58. The predicted octanol–water partition coefficient (Wildman–Crippen LogP) is 3.73. The molecule has 126 valence electrons. The van der Waals surface area contributed by atoms with Crippen LogP contribution in [-0.4, -0.2) is 30.2 Å². The third-order valence-electron chi connectivity index (χ3n) is 7.59. The molecule has 0 aromatic rings. The average molecular weight is 316 g/mol. The van der Waals surface area contributed by atoms with Crippen LogP contribution in [0.25, 0.3) is 0 Å². The lowest BCUT2D eigenvalue weighted by molar-refractivity contribution is -0.164. The molecule has 1 heterocycles. The van der Waals surface area contributed by atoms with Crippen LogP contribution in [0.4, 0.5) is 0 Å². The van der Waals surface area contributed by atoms with Gasteiger partial charge in [-0.2, -0.15) is 0 Å². The van der Waals surface area contributed by atoms with E-state index >= 15 is 0 Å². The van der Waals surface area contributed by atoms with Crippen molar-refractivity contribution in [1.29, 1.82) is 0 Å². The molecule has 1 N–H and O–H groups in total. The van der Waals surface area contributed by atoms with Crippen molar-refractivity contribution < 1.29 is 14.6 Å². The molecule has 1 aliphatic heterocycles. The van der Waals surface area contributed by atoms with E-state index in [4.69, 9.17) is 9.47 Å². The Balaban J connectivity index is 1.48. The Labute approximate surface area is 138 Å². The van der Waals surface area contributed by atoms with Crippen LogP contribution in [0, 0.1) is 17.3 Å². The molecular formula is C20H28O3. The number of aliphatic hydroxyl groups excluding tert-OH is 1. The molecule has 4 atom stereocenters. The Morgan fingerprint density at radius 1 is 1.13 bits per heavy atom. The lowest BCUT2D eigenvalue weighted by Gasteiger charge is -2.48. The summed E-state index contributed by atoms with van der Waals surface area (Å²) in [5.41, 5.74) is 4.99. The first kappa shape index (κ1) is 14.7. The highest BCUT2D eigenvalue weighted by molar-refractivity contribution is 5.44. The van der Waals surface area contributed by atoms with Gasteiger partial charge in [-0.1, -0.05) is 18.6 Å². The standard InChI is InChI=1S/C20H28O3/c1-19-8-6-15-14-7-9-20(22-10-11-23-20)12-13(14)2-3-16(15)17(19)4-5-18(19)21/h6,16-18,21H,2-5,7-12H2,1H3/t16-,17+,18?,19?/m1/s1. The summed E-state index contributed by atoms with van der Waals surface area (Å²) in [6.07, 6.45) is 11.2. The van der Waals surface area contributed by atoms with Gasteiger partial charge < -0.3 is 14.6 Å². The minimum Gasteiger partial charge on any atom is -0.393 e. The molecule has 4 aliphatic carbocycles. The molecule has 0 bridgehead atoms. The fraction of sp³-hybridized carbons (Fsp3) is 0.800. The maximum absolute atomic E-state index is 10.5. The van der Waals surface area contributed by atoms with Crippen molar-refractivity contribution in [2.75, 3.05) is 13.2 Å². The number of aliphatic hydroxyl groups is 1. The Morgan fingerprint density at radius 3 is 2.78 bits per heavy atom. The average Bonchev–Trinajstić information content (AvgIpc) is 3.12. The van der Waals surface area contributed by atoms with E-state index in [1.807, 2.05) is 0 Å². The minimum atomic E-state index is -0.293. The molecule has 3 heteroatoms. The monoisotopic (exact) mass is 316 g/mol. The van der Waals surface area contributed by atoms with Crippen LogP contribution in [-0.2, 0) is 9.47 Å². The van der Waals surface area contributed by atoms with Crippen molar-refractivity contribution >= 4 is 0 Å². The van der Waals surface area contributed by atoms with Crippen molar-refractivity contribution in [2.45, 2.75) is 70.2 Å². The molecule has 1 spiro atoms. The maximum atomic E-state index is 10.5.